The normalized spacial score (nSPS) is 10.9. The highest BCUT2D eigenvalue weighted by Gasteiger charge is 2.03. The Morgan fingerprint density at radius 3 is 2.96 bits per heavy atom. The molecule has 1 aromatic heterocycles. The van der Waals surface area contributed by atoms with Gasteiger partial charge in [0.05, 0.1) is 16.6 Å². The number of benzene rings is 1. The lowest BCUT2D eigenvalue weighted by atomic mass is 10.2. The lowest BCUT2D eigenvalue weighted by Crippen LogP contribution is -2.18. The number of ether oxygens (including phenoxy) is 1. The molecule has 0 aliphatic rings. The summed E-state index contributed by atoms with van der Waals surface area (Å²) in [5, 5.41) is 4.61. The summed E-state index contributed by atoms with van der Waals surface area (Å²) < 4.78 is 6.67. The van der Waals surface area contributed by atoms with Crippen molar-refractivity contribution in [3.05, 3.63) is 49.6 Å². The molecule has 0 spiro atoms. The van der Waals surface area contributed by atoms with Crippen LogP contribution in [0.4, 0.5) is 0 Å². The zero-order chi connectivity index (χ0) is 16.7. The van der Waals surface area contributed by atoms with Crippen LogP contribution < -0.4 is 10.2 Å². The van der Waals surface area contributed by atoms with E-state index < -0.39 is 0 Å². The molecule has 0 saturated heterocycles. The maximum atomic E-state index is 11.7. The van der Waals surface area contributed by atoms with Crippen LogP contribution in [0.25, 0.3) is 0 Å². The molecule has 0 radical (unpaired) electrons. The zero-order valence-corrected chi connectivity index (χ0v) is 15.7. The summed E-state index contributed by atoms with van der Waals surface area (Å²) in [4.78, 5) is 12.6. The third-order valence-electron chi connectivity index (χ3n) is 2.92. The number of hydrogen-bond donors (Lipinski definition) is 1. The number of carbonyl (C=O) groups is 1. The fraction of sp³-hybridized carbons (Fsp3) is 0.250. The number of hydrazone groups is 1. The minimum atomic E-state index is -0.131. The summed E-state index contributed by atoms with van der Waals surface area (Å²) in [7, 11) is 0. The van der Waals surface area contributed by atoms with Crippen LogP contribution in [-0.2, 0) is 4.79 Å². The summed E-state index contributed by atoms with van der Waals surface area (Å²) in [6, 6.07) is 9.33. The molecule has 1 heterocycles. The molecule has 2 aromatic rings. The van der Waals surface area contributed by atoms with Gasteiger partial charge in [-0.25, -0.2) is 5.43 Å². The predicted molar refractivity (Wildman–Crippen MR) is 98.7 cm³/mol. The average Bonchev–Trinajstić information content (AvgIpc) is 2.91. The number of rotatable bonds is 7. The van der Waals surface area contributed by atoms with Crippen molar-refractivity contribution in [2.45, 2.75) is 19.8 Å². The van der Waals surface area contributed by atoms with Crippen LogP contribution in [0.2, 0.25) is 5.02 Å². The molecule has 4 nitrogen and oxygen atoms in total. The molecule has 7 heteroatoms. The molecule has 1 aromatic carbocycles. The Balaban J connectivity index is 1.65. The number of amides is 1. The molecule has 0 fully saturated rings. The fourth-order valence-corrected chi connectivity index (χ4v) is 3.33. The summed E-state index contributed by atoms with van der Waals surface area (Å²) in [6.07, 6.45) is 2.60. The van der Waals surface area contributed by atoms with Gasteiger partial charge in [-0.15, -0.1) is 11.3 Å². The van der Waals surface area contributed by atoms with Gasteiger partial charge in [0.25, 0.3) is 0 Å². The zero-order valence-electron chi connectivity index (χ0n) is 12.5. The van der Waals surface area contributed by atoms with E-state index in [4.69, 9.17) is 16.3 Å². The van der Waals surface area contributed by atoms with Crippen molar-refractivity contribution >= 4 is 51.0 Å². The minimum absolute atomic E-state index is 0.131. The Morgan fingerprint density at radius 2 is 2.26 bits per heavy atom. The first kappa shape index (κ1) is 18.0. The van der Waals surface area contributed by atoms with Gasteiger partial charge in [-0.05, 0) is 65.2 Å². The first-order valence-corrected chi connectivity index (χ1v) is 8.99. The van der Waals surface area contributed by atoms with Gasteiger partial charge < -0.3 is 4.74 Å². The van der Waals surface area contributed by atoms with Gasteiger partial charge in [-0.2, -0.15) is 5.10 Å². The van der Waals surface area contributed by atoms with Crippen LogP contribution in [0, 0.1) is 6.92 Å². The second-order valence-corrected chi connectivity index (χ2v) is 7.73. The Morgan fingerprint density at radius 1 is 1.43 bits per heavy atom. The number of hydrogen-bond acceptors (Lipinski definition) is 4. The van der Waals surface area contributed by atoms with Gasteiger partial charge in [0, 0.05) is 16.3 Å². The van der Waals surface area contributed by atoms with E-state index in [-0.39, 0.29) is 5.91 Å². The van der Waals surface area contributed by atoms with Gasteiger partial charge in [0.2, 0.25) is 5.91 Å². The summed E-state index contributed by atoms with van der Waals surface area (Å²) >= 11 is 10.8. The molecule has 0 aliphatic carbocycles. The van der Waals surface area contributed by atoms with Crippen LogP contribution >= 0.6 is 38.9 Å². The van der Waals surface area contributed by atoms with Crippen molar-refractivity contribution in [3.8, 4) is 5.75 Å². The smallest absolute Gasteiger partial charge is 0.240 e. The quantitative estimate of drug-likeness (QED) is 0.402. The monoisotopic (exact) mass is 414 g/mol. The summed E-state index contributed by atoms with van der Waals surface area (Å²) in [5.41, 5.74) is 3.49. The van der Waals surface area contributed by atoms with Gasteiger partial charge >= 0.3 is 0 Å². The molecule has 1 amide bonds. The van der Waals surface area contributed by atoms with E-state index >= 15 is 0 Å². The van der Waals surface area contributed by atoms with E-state index in [1.807, 2.05) is 31.2 Å². The highest BCUT2D eigenvalue weighted by molar-refractivity contribution is 9.11. The predicted octanol–water partition coefficient (Wildman–Crippen LogP) is 4.78. The SMILES string of the molecule is Cc1cc(Cl)ccc1OCCCC(=O)N/N=C/c1ccc(Br)s1. The van der Waals surface area contributed by atoms with Crippen molar-refractivity contribution < 1.29 is 9.53 Å². The Bertz CT molecular complexity index is 703. The van der Waals surface area contributed by atoms with Crippen LogP contribution in [0.15, 0.2) is 39.2 Å². The first-order valence-electron chi connectivity index (χ1n) is 7.01. The van der Waals surface area contributed by atoms with Crippen molar-refractivity contribution in [1.82, 2.24) is 5.43 Å². The highest BCUT2D eigenvalue weighted by atomic mass is 79.9. The fourth-order valence-electron chi connectivity index (χ4n) is 1.81. The topological polar surface area (TPSA) is 50.7 Å². The van der Waals surface area contributed by atoms with Crippen molar-refractivity contribution in [2.75, 3.05) is 6.61 Å². The summed E-state index contributed by atoms with van der Waals surface area (Å²) in [6.45, 7) is 2.41. The second kappa shape index (κ2) is 9.05. The Hall–Kier alpha value is -1.37. The van der Waals surface area contributed by atoms with Gasteiger partial charge in [-0.3, -0.25) is 4.79 Å². The molecule has 0 bridgehead atoms. The number of aryl methyl sites for hydroxylation is 1. The van der Waals surface area contributed by atoms with E-state index in [1.165, 1.54) is 0 Å². The number of nitrogens with one attached hydrogen (secondary N) is 1. The number of halogens is 2. The first-order chi connectivity index (χ1) is 11.0. The maximum Gasteiger partial charge on any atom is 0.240 e. The third-order valence-corrected chi connectivity index (χ3v) is 4.71. The van der Waals surface area contributed by atoms with Crippen LogP contribution in [0.1, 0.15) is 23.3 Å². The molecule has 1 N–H and O–H groups in total. The lowest BCUT2D eigenvalue weighted by Gasteiger charge is -2.08. The molecular formula is C16H16BrClN2O2S. The molecule has 23 heavy (non-hydrogen) atoms. The van der Waals surface area contributed by atoms with Crippen LogP contribution in [-0.4, -0.2) is 18.7 Å². The molecule has 0 atom stereocenters. The molecule has 2 rings (SSSR count). The average molecular weight is 416 g/mol. The maximum absolute atomic E-state index is 11.7. The van der Waals surface area contributed by atoms with Crippen LogP contribution in [0.5, 0.6) is 5.75 Å². The van der Waals surface area contributed by atoms with E-state index in [0.29, 0.717) is 24.5 Å². The van der Waals surface area contributed by atoms with E-state index in [1.54, 1.807) is 23.6 Å². The number of nitrogens with zero attached hydrogens (tertiary/aromatic N) is 1. The molecule has 0 aliphatic heterocycles. The minimum Gasteiger partial charge on any atom is -0.493 e. The standard InChI is InChI=1S/C16H16BrClN2O2S/c1-11-9-12(18)4-6-14(11)22-8-2-3-16(21)20-19-10-13-5-7-15(17)23-13/h4-7,9-10H,2-3,8H2,1H3,(H,20,21)/b19-10+. The van der Waals surface area contributed by atoms with E-state index in [0.717, 1.165) is 20.0 Å². The van der Waals surface area contributed by atoms with Crippen molar-refractivity contribution in [3.63, 3.8) is 0 Å². The second-order valence-electron chi connectivity index (χ2n) is 4.80. The highest BCUT2D eigenvalue weighted by Crippen LogP contribution is 2.22. The van der Waals surface area contributed by atoms with Crippen molar-refractivity contribution in [1.29, 1.82) is 0 Å². The van der Waals surface area contributed by atoms with E-state index in [9.17, 15) is 4.79 Å². The van der Waals surface area contributed by atoms with Crippen molar-refractivity contribution in [2.24, 2.45) is 5.10 Å². The van der Waals surface area contributed by atoms with Crippen LogP contribution in [0.3, 0.4) is 0 Å². The lowest BCUT2D eigenvalue weighted by molar-refractivity contribution is -0.121. The molecular weight excluding hydrogens is 400 g/mol. The molecule has 0 saturated carbocycles. The summed E-state index contributed by atoms with van der Waals surface area (Å²) in [5.74, 6) is 0.657. The van der Waals surface area contributed by atoms with E-state index in [2.05, 4.69) is 26.5 Å². The number of thiophene rings is 1. The van der Waals surface area contributed by atoms with Gasteiger partial charge in [-0.1, -0.05) is 11.6 Å². The molecule has 122 valence electrons. The third kappa shape index (κ3) is 6.33. The van der Waals surface area contributed by atoms with Gasteiger partial charge in [0.15, 0.2) is 0 Å². The number of carbonyl (C=O) groups excluding carboxylic acids is 1. The largest absolute Gasteiger partial charge is 0.493 e. The Labute approximate surface area is 152 Å². The molecule has 0 unspecified atom stereocenters. The Kier molecular flexibility index (Phi) is 7.08. The van der Waals surface area contributed by atoms with Gasteiger partial charge in [0.1, 0.15) is 5.75 Å².